The van der Waals surface area contributed by atoms with Gasteiger partial charge in [0.2, 0.25) is 0 Å². The number of hydrogen-bond acceptors (Lipinski definition) is 1. The fourth-order valence-corrected chi connectivity index (χ4v) is 5.16. The summed E-state index contributed by atoms with van der Waals surface area (Å²) in [5.41, 5.74) is 0.864. The molecule has 0 spiro atoms. The Balaban J connectivity index is 1.96. The Kier molecular flexibility index (Phi) is 7.40. The van der Waals surface area contributed by atoms with Gasteiger partial charge in [-0.15, -0.1) is 0 Å². The summed E-state index contributed by atoms with van der Waals surface area (Å²) in [5.74, 6) is 0. The van der Waals surface area contributed by atoms with E-state index in [-0.39, 0.29) is 25.7 Å². The quantitative estimate of drug-likeness (QED) is 0.341. The van der Waals surface area contributed by atoms with E-state index in [1.807, 2.05) is 0 Å². The average molecular weight is 513 g/mol. The Morgan fingerprint density at radius 1 is 1.08 bits per heavy atom. The number of alkyl halides is 4. The fraction of sp³-hybridized carbons (Fsp3) is 0.333. The van der Waals surface area contributed by atoms with E-state index < -0.39 is 11.7 Å². The molecule has 6 heteroatoms. The SMILES string of the molecule is CCCC[I-]c1ccc(CNc2ccc(Br)c(C(F)(F)F)c2)cc1. The second kappa shape index (κ2) is 9.08. The first kappa shape index (κ1) is 19.6. The molecule has 0 aliphatic rings. The number of rotatable bonds is 7. The monoisotopic (exact) mass is 512 g/mol. The normalized spacial score (nSPS) is 11.7. The Labute approximate surface area is 159 Å². The third-order valence-electron chi connectivity index (χ3n) is 3.42. The summed E-state index contributed by atoms with van der Waals surface area (Å²) < 4.78 is 41.5. The molecule has 0 amide bonds. The molecule has 132 valence electrons. The molecular formula is C18H19BrF3IN-. The van der Waals surface area contributed by atoms with Crippen molar-refractivity contribution in [3.05, 3.63) is 61.6 Å². The molecule has 24 heavy (non-hydrogen) atoms. The second-order valence-corrected chi connectivity index (χ2v) is 9.29. The van der Waals surface area contributed by atoms with Gasteiger partial charge in [-0.1, -0.05) is 0 Å². The third kappa shape index (κ3) is 5.95. The van der Waals surface area contributed by atoms with Crippen molar-refractivity contribution in [2.45, 2.75) is 32.5 Å². The van der Waals surface area contributed by atoms with Crippen molar-refractivity contribution in [3.8, 4) is 0 Å². The molecule has 2 aromatic rings. The topological polar surface area (TPSA) is 12.0 Å². The third-order valence-corrected chi connectivity index (χ3v) is 7.01. The number of benzene rings is 2. The zero-order valence-electron chi connectivity index (χ0n) is 13.3. The summed E-state index contributed by atoms with van der Waals surface area (Å²) in [7, 11) is 0. The summed E-state index contributed by atoms with van der Waals surface area (Å²) in [5, 5.41) is 3.06. The molecule has 0 fully saturated rings. The molecule has 0 atom stereocenters. The zero-order chi connectivity index (χ0) is 17.6. The Morgan fingerprint density at radius 2 is 1.79 bits per heavy atom. The number of hydrogen-bond donors (Lipinski definition) is 1. The van der Waals surface area contributed by atoms with Crippen LogP contribution in [0.4, 0.5) is 18.9 Å². The van der Waals surface area contributed by atoms with Gasteiger partial charge in [0.05, 0.1) is 0 Å². The van der Waals surface area contributed by atoms with Crippen LogP contribution in [0.3, 0.4) is 0 Å². The average Bonchev–Trinajstić information content (AvgIpc) is 2.54. The van der Waals surface area contributed by atoms with E-state index in [1.165, 1.54) is 26.9 Å². The van der Waals surface area contributed by atoms with Gasteiger partial charge in [-0.3, -0.25) is 0 Å². The van der Waals surface area contributed by atoms with Crippen LogP contribution in [0.15, 0.2) is 46.9 Å². The van der Waals surface area contributed by atoms with Gasteiger partial charge in [0, 0.05) is 0 Å². The van der Waals surface area contributed by atoms with Crippen molar-refractivity contribution in [2.75, 3.05) is 9.74 Å². The first-order chi connectivity index (χ1) is 11.4. The minimum atomic E-state index is -4.36. The molecular weight excluding hydrogens is 494 g/mol. The van der Waals surface area contributed by atoms with E-state index >= 15 is 0 Å². The molecule has 0 heterocycles. The molecule has 1 N–H and O–H groups in total. The van der Waals surface area contributed by atoms with Crippen LogP contribution >= 0.6 is 15.9 Å². The van der Waals surface area contributed by atoms with Crippen molar-refractivity contribution < 1.29 is 34.4 Å². The van der Waals surface area contributed by atoms with E-state index in [1.54, 1.807) is 6.07 Å². The van der Waals surface area contributed by atoms with Gasteiger partial charge in [-0.2, -0.15) is 0 Å². The van der Waals surface area contributed by atoms with Crippen molar-refractivity contribution in [3.63, 3.8) is 0 Å². The molecule has 0 bridgehead atoms. The van der Waals surface area contributed by atoms with E-state index in [9.17, 15) is 13.2 Å². The Morgan fingerprint density at radius 3 is 2.42 bits per heavy atom. The van der Waals surface area contributed by atoms with Crippen molar-refractivity contribution in [1.29, 1.82) is 0 Å². The van der Waals surface area contributed by atoms with E-state index in [2.05, 4.69) is 52.4 Å². The molecule has 2 rings (SSSR count). The zero-order valence-corrected chi connectivity index (χ0v) is 17.0. The fourth-order valence-electron chi connectivity index (χ4n) is 2.06. The maximum atomic E-state index is 12.9. The molecule has 0 radical (unpaired) electrons. The minimum absolute atomic E-state index is 0.0564. The molecule has 0 saturated carbocycles. The first-order valence-corrected chi connectivity index (χ1v) is 11.1. The molecule has 0 aromatic heterocycles. The van der Waals surface area contributed by atoms with Crippen LogP contribution in [0.1, 0.15) is 30.9 Å². The Bertz CT molecular complexity index is 656. The van der Waals surface area contributed by atoms with E-state index in [0.29, 0.717) is 12.2 Å². The number of halogens is 5. The van der Waals surface area contributed by atoms with Crippen molar-refractivity contribution >= 4 is 21.6 Å². The van der Waals surface area contributed by atoms with Crippen LogP contribution in [0.5, 0.6) is 0 Å². The van der Waals surface area contributed by atoms with Crippen LogP contribution in [-0.4, -0.2) is 4.43 Å². The van der Waals surface area contributed by atoms with Gasteiger partial charge in [-0.05, 0) is 0 Å². The van der Waals surface area contributed by atoms with Crippen LogP contribution in [0, 0.1) is 3.57 Å². The summed E-state index contributed by atoms with van der Waals surface area (Å²) >= 11 is 3.03. The number of nitrogens with one attached hydrogen (secondary N) is 1. The molecule has 0 saturated heterocycles. The summed E-state index contributed by atoms with van der Waals surface area (Å²) in [6.45, 7) is 2.71. The molecule has 0 aliphatic carbocycles. The van der Waals surface area contributed by atoms with Crippen molar-refractivity contribution in [1.82, 2.24) is 0 Å². The predicted octanol–water partition coefficient (Wildman–Crippen LogP) is 3.14. The molecule has 2 aromatic carbocycles. The molecule has 0 aliphatic heterocycles. The number of anilines is 1. The van der Waals surface area contributed by atoms with Crippen LogP contribution in [0.25, 0.3) is 0 Å². The van der Waals surface area contributed by atoms with Gasteiger partial charge in [-0.25, -0.2) is 0 Å². The number of unbranched alkanes of at least 4 members (excludes halogenated alkanes) is 1. The van der Waals surface area contributed by atoms with Gasteiger partial charge < -0.3 is 0 Å². The van der Waals surface area contributed by atoms with Crippen LogP contribution in [0.2, 0.25) is 0 Å². The van der Waals surface area contributed by atoms with Gasteiger partial charge in [0.15, 0.2) is 0 Å². The summed E-state index contributed by atoms with van der Waals surface area (Å²) in [6.07, 6.45) is -1.85. The summed E-state index contributed by atoms with van der Waals surface area (Å²) in [4.78, 5) is 0. The van der Waals surface area contributed by atoms with Gasteiger partial charge in [0.1, 0.15) is 0 Å². The van der Waals surface area contributed by atoms with E-state index in [0.717, 1.165) is 11.6 Å². The Hall–Kier alpha value is -0.760. The molecule has 1 nitrogen and oxygen atoms in total. The van der Waals surface area contributed by atoms with Crippen LogP contribution in [-0.2, 0) is 12.7 Å². The van der Waals surface area contributed by atoms with Gasteiger partial charge >= 0.3 is 160 Å². The van der Waals surface area contributed by atoms with Gasteiger partial charge in [0.25, 0.3) is 0 Å². The maximum absolute atomic E-state index is 12.9. The standard InChI is InChI=1S/C18H19BrF3IN/c1-2-3-10-23-14-6-4-13(5-7-14)12-24-15-8-9-17(19)16(11-15)18(20,21)22/h4-9,11,24H,2-3,10,12H2,1H3/q-1. The van der Waals surface area contributed by atoms with Crippen LogP contribution < -0.4 is 26.5 Å². The first-order valence-electron chi connectivity index (χ1n) is 7.69. The molecule has 0 unspecified atom stereocenters. The second-order valence-electron chi connectivity index (χ2n) is 5.35. The summed E-state index contributed by atoms with van der Waals surface area (Å²) in [6, 6.07) is 12.6. The predicted molar refractivity (Wildman–Crippen MR) is 91.4 cm³/mol. The van der Waals surface area contributed by atoms with Crippen molar-refractivity contribution in [2.24, 2.45) is 0 Å². The van der Waals surface area contributed by atoms with E-state index in [4.69, 9.17) is 0 Å².